The minimum absolute atomic E-state index is 0.429. The van der Waals surface area contributed by atoms with Crippen molar-refractivity contribution in [3.63, 3.8) is 0 Å². The summed E-state index contributed by atoms with van der Waals surface area (Å²) in [4.78, 5) is 0. The molecule has 0 unspecified atom stereocenters. The van der Waals surface area contributed by atoms with Gasteiger partial charge in [0, 0.05) is 19.0 Å². The quantitative estimate of drug-likeness (QED) is 0.880. The molecule has 13 heavy (non-hydrogen) atoms. The van der Waals surface area contributed by atoms with Gasteiger partial charge in [0.2, 0.25) is 0 Å². The Balaban J connectivity index is 2.82. The molecule has 0 atom stereocenters. The third kappa shape index (κ3) is 2.54. The van der Waals surface area contributed by atoms with Crippen molar-refractivity contribution in [3.8, 4) is 0 Å². The topological polar surface area (TPSA) is 29.9 Å². The van der Waals surface area contributed by atoms with Crippen LogP contribution in [0.5, 0.6) is 0 Å². The molecule has 74 valence electrons. The van der Waals surface area contributed by atoms with Crippen LogP contribution in [-0.2, 0) is 6.42 Å². The summed E-state index contributed by atoms with van der Waals surface area (Å²) in [5, 5.41) is 7.45. The fourth-order valence-corrected chi connectivity index (χ4v) is 1.76. The summed E-state index contributed by atoms with van der Waals surface area (Å²) in [6, 6.07) is 0.429. The monoisotopic (exact) mass is 245 g/mol. The lowest BCUT2D eigenvalue weighted by molar-refractivity contribution is 0.505. The van der Waals surface area contributed by atoms with Crippen molar-refractivity contribution in [2.24, 2.45) is 0 Å². The summed E-state index contributed by atoms with van der Waals surface area (Å²) in [5.74, 6) is 0. The van der Waals surface area contributed by atoms with E-state index in [1.165, 1.54) is 5.69 Å². The Morgan fingerprint density at radius 3 is 2.85 bits per heavy atom. The summed E-state index contributed by atoms with van der Waals surface area (Å²) in [6.45, 7) is 5.27. The second-order valence-corrected chi connectivity index (χ2v) is 4.19. The molecular weight excluding hydrogens is 230 g/mol. The predicted octanol–water partition coefficient (Wildman–Crippen LogP) is 1.99. The molecule has 1 N–H and O–H groups in total. The molecule has 0 fully saturated rings. The van der Waals surface area contributed by atoms with Crippen LogP contribution in [0.2, 0.25) is 0 Å². The number of hydrogen-bond acceptors (Lipinski definition) is 2. The highest BCUT2D eigenvalue weighted by molar-refractivity contribution is 9.10. The van der Waals surface area contributed by atoms with Crippen LogP contribution in [0.15, 0.2) is 10.7 Å². The van der Waals surface area contributed by atoms with Crippen molar-refractivity contribution in [3.05, 3.63) is 16.4 Å². The van der Waals surface area contributed by atoms with Crippen LogP contribution in [0.4, 0.5) is 0 Å². The van der Waals surface area contributed by atoms with Gasteiger partial charge in [0.25, 0.3) is 0 Å². The van der Waals surface area contributed by atoms with Gasteiger partial charge in [0.15, 0.2) is 0 Å². The lowest BCUT2D eigenvalue weighted by Gasteiger charge is -2.10. The summed E-state index contributed by atoms with van der Waals surface area (Å²) in [7, 11) is 1.96. The maximum absolute atomic E-state index is 4.31. The molecular formula is C9H16BrN3. The molecule has 0 radical (unpaired) electrons. The largest absolute Gasteiger partial charge is 0.319 e. The molecule has 0 saturated heterocycles. The van der Waals surface area contributed by atoms with E-state index in [1.807, 2.05) is 13.2 Å². The Bertz CT molecular complexity index is 268. The Morgan fingerprint density at radius 1 is 1.62 bits per heavy atom. The number of nitrogens with zero attached hydrogens (tertiary/aromatic N) is 2. The molecule has 1 rings (SSSR count). The van der Waals surface area contributed by atoms with E-state index in [1.54, 1.807) is 0 Å². The van der Waals surface area contributed by atoms with Crippen molar-refractivity contribution in [2.45, 2.75) is 26.3 Å². The number of aromatic nitrogens is 2. The van der Waals surface area contributed by atoms with Gasteiger partial charge < -0.3 is 5.32 Å². The van der Waals surface area contributed by atoms with Crippen molar-refractivity contribution < 1.29 is 0 Å². The van der Waals surface area contributed by atoms with E-state index in [9.17, 15) is 0 Å². The first-order chi connectivity index (χ1) is 6.16. The van der Waals surface area contributed by atoms with Gasteiger partial charge >= 0.3 is 0 Å². The smallest absolute Gasteiger partial charge is 0.0635 e. The van der Waals surface area contributed by atoms with E-state index in [0.717, 1.165) is 17.4 Å². The van der Waals surface area contributed by atoms with Gasteiger partial charge in [-0.3, -0.25) is 4.68 Å². The molecule has 1 heterocycles. The van der Waals surface area contributed by atoms with Crippen LogP contribution in [-0.4, -0.2) is 23.4 Å². The molecule has 0 bridgehead atoms. The Kier molecular flexibility index (Phi) is 3.93. The molecule has 1 aromatic rings. The van der Waals surface area contributed by atoms with Gasteiger partial charge in [-0.25, -0.2) is 0 Å². The van der Waals surface area contributed by atoms with Crippen molar-refractivity contribution in [1.29, 1.82) is 0 Å². The van der Waals surface area contributed by atoms with E-state index < -0.39 is 0 Å². The lowest BCUT2D eigenvalue weighted by Crippen LogP contribution is -2.15. The SMILES string of the molecule is CNCCc1c(Br)cnn1C(C)C. The van der Waals surface area contributed by atoms with Gasteiger partial charge in [0.1, 0.15) is 0 Å². The Hall–Kier alpha value is -0.350. The van der Waals surface area contributed by atoms with Crippen LogP contribution in [0.1, 0.15) is 25.6 Å². The molecule has 0 amide bonds. The first kappa shape index (κ1) is 10.7. The van der Waals surface area contributed by atoms with Gasteiger partial charge in [-0.1, -0.05) is 0 Å². The van der Waals surface area contributed by atoms with Crippen LogP contribution in [0.3, 0.4) is 0 Å². The highest BCUT2D eigenvalue weighted by Crippen LogP contribution is 2.19. The first-order valence-electron chi connectivity index (χ1n) is 4.53. The molecule has 0 aromatic carbocycles. The molecule has 0 aliphatic rings. The zero-order chi connectivity index (χ0) is 9.84. The Morgan fingerprint density at radius 2 is 2.31 bits per heavy atom. The third-order valence-electron chi connectivity index (χ3n) is 1.95. The fraction of sp³-hybridized carbons (Fsp3) is 0.667. The summed E-state index contributed by atoms with van der Waals surface area (Å²) >= 11 is 3.50. The second kappa shape index (κ2) is 4.77. The normalized spacial score (nSPS) is 11.2. The molecule has 1 aromatic heterocycles. The maximum atomic E-state index is 4.31. The second-order valence-electron chi connectivity index (χ2n) is 3.33. The van der Waals surface area contributed by atoms with E-state index in [4.69, 9.17) is 0 Å². The molecule has 0 aliphatic heterocycles. The maximum Gasteiger partial charge on any atom is 0.0635 e. The predicted molar refractivity (Wildman–Crippen MR) is 57.9 cm³/mol. The van der Waals surface area contributed by atoms with Crippen LogP contribution >= 0.6 is 15.9 Å². The first-order valence-corrected chi connectivity index (χ1v) is 5.32. The van der Waals surface area contributed by atoms with Crippen LogP contribution < -0.4 is 5.32 Å². The lowest BCUT2D eigenvalue weighted by atomic mass is 10.3. The van der Waals surface area contributed by atoms with Crippen LogP contribution in [0.25, 0.3) is 0 Å². The van der Waals surface area contributed by atoms with E-state index in [0.29, 0.717) is 6.04 Å². The van der Waals surface area contributed by atoms with Crippen molar-refractivity contribution >= 4 is 15.9 Å². The zero-order valence-electron chi connectivity index (χ0n) is 8.34. The average molecular weight is 246 g/mol. The highest BCUT2D eigenvalue weighted by Gasteiger charge is 2.09. The summed E-state index contributed by atoms with van der Waals surface area (Å²) in [5.41, 5.74) is 1.27. The van der Waals surface area contributed by atoms with E-state index in [-0.39, 0.29) is 0 Å². The standard InChI is InChI=1S/C9H16BrN3/c1-7(2)13-9(4-5-11-3)8(10)6-12-13/h6-7,11H,4-5H2,1-3H3. The molecule has 0 saturated carbocycles. The van der Waals surface area contributed by atoms with Gasteiger partial charge in [0.05, 0.1) is 16.4 Å². The number of hydrogen-bond donors (Lipinski definition) is 1. The number of halogens is 1. The molecule has 3 nitrogen and oxygen atoms in total. The third-order valence-corrected chi connectivity index (χ3v) is 2.61. The molecule has 0 aliphatic carbocycles. The van der Waals surface area contributed by atoms with Crippen molar-refractivity contribution in [1.82, 2.24) is 15.1 Å². The van der Waals surface area contributed by atoms with Crippen molar-refractivity contribution in [2.75, 3.05) is 13.6 Å². The number of likely N-dealkylation sites (N-methyl/N-ethyl adjacent to an activating group) is 1. The molecule has 0 spiro atoms. The molecule has 4 heteroatoms. The number of nitrogens with one attached hydrogen (secondary N) is 1. The summed E-state index contributed by atoms with van der Waals surface area (Å²) < 4.78 is 3.16. The minimum Gasteiger partial charge on any atom is -0.319 e. The van der Waals surface area contributed by atoms with Gasteiger partial charge in [-0.05, 0) is 36.8 Å². The van der Waals surface area contributed by atoms with E-state index in [2.05, 4.69) is 44.9 Å². The summed E-state index contributed by atoms with van der Waals surface area (Å²) in [6.07, 6.45) is 2.88. The number of rotatable bonds is 4. The Labute approximate surface area is 87.6 Å². The minimum atomic E-state index is 0.429. The van der Waals surface area contributed by atoms with Gasteiger partial charge in [-0.15, -0.1) is 0 Å². The average Bonchev–Trinajstić information content (AvgIpc) is 2.43. The van der Waals surface area contributed by atoms with Crippen LogP contribution in [0, 0.1) is 0 Å². The zero-order valence-corrected chi connectivity index (χ0v) is 9.93. The fourth-order valence-electron chi connectivity index (χ4n) is 1.29. The van der Waals surface area contributed by atoms with E-state index >= 15 is 0 Å². The highest BCUT2D eigenvalue weighted by atomic mass is 79.9. The van der Waals surface area contributed by atoms with Gasteiger partial charge in [-0.2, -0.15) is 5.10 Å².